The summed E-state index contributed by atoms with van der Waals surface area (Å²) in [6.07, 6.45) is 3.15. The van der Waals surface area contributed by atoms with E-state index in [1.54, 1.807) is 0 Å². The van der Waals surface area contributed by atoms with Gasteiger partial charge in [-0.1, -0.05) is 43.7 Å². The van der Waals surface area contributed by atoms with E-state index in [1.165, 1.54) is 50.2 Å². The molecule has 0 saturated heterocycles. The maximum Gasteiger partial charge on any atom is 0.212 e. The lowest BCUT2D eigenvalue weighted by Crippen LogP contribution is -2.32. The SMILES string of the molecule is [2H]C(C)(C)c1c[n+](C)c(-c2ccc3c(c2C)Cc2cc(C)ccc2-3)cc1C. The Hall–Kier alpha value is -2.41. The molecule has 0 bridgehead atoms. The van der Waals surface area contributed by atoms with Crippen LogP contribution in [0.1, 0.15) is 54.5 Å². The van der Waals surface area contributed by atoms with Gasteiger partial charge >= 0.3 is 0 Å². The van der Waals surface area contributed by atoms with Crippen LogP contribution in [0, 0.1) is 20.8 Å². The molecule has 0 unspecified atom stereocenters. The number of pyridine rings is 1. The molecule has 0 fully saturated rings. The molecule has 132 valence electrons. The summed E-state index contributed by atoms with van der Waals surface area (Å²) in [5.41, 5.74) is 13.1. The predicted molar refractivity (Wildman–Crippen MR) is 110 cm³/mol. The topological polar surface area (TPSA) is 3.88 Å². The number of hydrogen-bond donors (Lipinski definition) is 0. The van der Waals surface area contributed by atoms with Crippen LogP contribution in [0.15, 0.2) is 42.6 Å². The fourth-order valence-electron chi connectivity index (χ4n) is 4.38. The highest BCUT2D eigenvalue weighted by molar-refractivity contribution is 5.82. The Morgan fingerprint density at radius 3 is 2.38 bits per heavy atom. The van der Waals surface area contributed by atoms with Gasteiger partial charge in [-0.05, 0) is 72.5 Å². The second-order valence-corrected chi connectivity index (χ2v) is 7.97. The number of benzene rings is 2. The second kappa shape index (κ2) is 6.09. The molecule has 3 aromatic rings. The molecule has 0 aliphatic heterocycles. The van der Waals surface area contributed by atoms with Crippen LogP contribution < -0.4 is 4.57 Å². The quantitative estimate of drug-likeness (QED) is 0.405. The maximum atomic E-state index is 8.41. The molecule has 26 heavy (non-hydrogen) atoms. The third-order valence-corrected chi connectivity index (χ3v) is 5.81. The molecular formula is C25H28N+. The summed E-state index contributed by atoms with van der Waals surface area (Å²) < 4.78 is 10.6. The average molecular weight is 344 g/mol. The Balaban J connectivity index is 1.85. The van der Waals surface area contributed by atoms with E-state index in [4.69, 9.17) is 1.37 Å². The summed E-state index contributed by atoms with van der Waals surface area (Å²) >= 11 is 0. The lowest BCUT2D eigenvalue weighted by Gasteiger charge is -2.13. The van der Waals surface area contributed by atoms with Crippen LogP contribution in [0.2, 0.25) is 0 Å². The molecule has 0 amide bonds. The molecule has 0 N–H and O–H groups in total. The van der Waals surface area contributed by atoms with E-state index in [2.05, 4.69) is 75.0 Å². The molecule has 1 nitrogen and oxygen atoms in total. The van der Waals surface area contributed by atoms with Gasteiger partial charge in [0.25, 0.3) is 0 Å². The molecule has 0 saturated carbocycles. The Kier molecular flexibility index (Phi) is 3.70. The zero-order chi connectivity index (χ0) is 19.5. The summed E-state index contributed by atoms with van der Waals surface area (Å²) in [5.74, 6) is -0.590. The fourth-order valence-corrected chi connectivity index (χ4v) is 4.38. The molecule has 0 radical (unpaired) electrons. The lowest BCUT2D eigenvalue weighted by atomic mass is 9.93. The van der Waals surface area contributed by atoms with E-state index in [0.717, 1.165) is 12.0 Å². The first-order chi connectivity index (χ1) is 12.7. The van der Waals surface area contributed by atoms with Gasteiger partial charge in [0, 0.05) is 18.6 Å². The monoisotopic (exact) mass is 343 g/mol. The first-order valence-electron chi connectivity index (χ1n) is 9.90. The number of aromatic nitrogens is 1. The number of rotatable bonds is 2. The van der Waals surface area contributed by atoms with Crippen LogP contribution in [0.4, 0.5) is 0 Å². The van der Waals surface area contributed by atoms with Crippen molar-refractivity contribution >= 4 is 0 Å². The molecular weight excluding hydrogens is 314 g/mol. The van der Waals surface area contributed by atoms with Crippen molar-refractivity contribution in [1.29, 1.82) is 0 Å². The van der Waals surface area contributed by atoms with E-state index in [9.17, 15) is 0 Å². The number of aryl methyl sites for hydroxylation is 3. The molecule has 0 atom stereocenters. The lowest BCUT2D eigenvalue weighted by molar-refractivity contribution is -0.660. The summed E-state index contributed by atoms with van der Waals surface area (Å²) in [6.45, 7) is 10.4. The molecule has 4 rings (SSSR count). The van der Waals surface area contributed by atoms with E-state index in [0.29, 0.717) is 0 Å². The van der Waals surface area contributed by atoms with Gasteiger partial charge in [-0.25, -0.2) is 4.57 Å². The Morgan fingerprint density at radius 2 is 1.65 bits per heavy atom. The van der Waals surface area contributed by atoms with E-state index in [-0.39, 0.29) is 0 Å². The van der Waals surface area contributed by atoms with E-state index < -0.39 is 5.89 Å². The summed E-state index contributed by atoms with van der Waals surface area (Å²) in [4.78, 5) is 0. The highest BCUT2D eigenvalue weighted by Crippen LogP contribution is 2.41. The largest absolute Gasteiger partial charge is 0.212 e. The summed E-state index contributed by atoms with van der Waals surface area (Å²) in [6, 6.07) is 13.6. The molecule has 2 aromatic carbocycles. The van der Waals surface area contributed by atoms with Crippen LogP contribution in [0.3, 0.4) is 0 Å². The van der Waals surface area contributed by atoms with Gasteiger partial charge in [0.2, 0.25) is 5.69 Å². The van der Waals surface area contributed by atoms with Crippen molar-refractivity contribution in [1.82, 2.24) is 0 Å². The van der Waals surface area contributed by atoms with Crippen LogP contribution in [0.25, 0.3) is 22.4 Å². The van der Waals surface area contributed by atoms with Crippen molar-refractivity contribution in [3.8, 4) is 22.4 Å². The standard InChI is InChI=1S/C25H28N/c1-15(2)24-14-26(6)25(12-17(24)4)20-9-10-22-21-8-7-16(3)11-19(21)13-23(22)18(20)5/h7-12,14-15H,13H2,1-6H3/q+1/i15D. The van der Waals surface area contributed by atoms with Gasteiger partial charge in [0.05, 0.1) is 0 Å². The fraction of sp³-hybridized carbons (Fsp3) is 0.320. The van der Waals surface area contributed by atoms with Crippen molar-refractivity contribution in [2.45, 2.75) is 46.9 Å². The van der Waals surface area contributed by atoms with Gasteiger partial charge in [0.1, 0.15) is 7.05 Å². The number of fused-ring (bicyclic) bond motifs is 3. The van der Waals surface area contributed by atoms with Crippen molar-refractivity contribution in [2.24, 2.45) is 7.05 Å². The maximum absolute atomic E-state index is 8.41. The van der Waals surface area contributed by atoms with E-state index >= 15 is 0 Å². The summed E-state index contributed by atoms with van der Waals surface area (Å²) in [7, 11) is 2.09. The van der Waals surface area contributed by atoms with Gasteiger partial charge in [0.15, 0.2) is 6.20 Å². The molecule has 1 heterocycles. The van der Waals surface area contributed by atoms with Crippen molar-refractivity contribution in [3.05, 3.63) is 76.0 Å². The van der Waals surface area contributed by atoms with Crippen molar-refractivity contribution in [2.75, 3.05) is 0 Å². The normalized spacial score (nSPS) is 13.4. The first kappa shape index (κ1) is 15.8. The van der Waals surface area contributed by atoms with Gasteiger partial charge in [-0.15, -0.1) is 0 Å². The van der Waals surface area contributed by atoms with Gasteiger partial charge < -0.3 is 0 Å². The molecule has 1 heteroatoms. The third-order valence-electron chi connectivity index (χ3n) is 5.81. The van der Waals surface area contributed by atoms with Crippen molar-refractivity contribution < 1.29 is 5.94 Å². The van der Waals surface area contributed by atoms with Gasteiger partial charge in [-0.2, -0.15) is 0 Å². The van der Waals surface area contributed by atoms with E-state index in [1.807, 2.05) is 13.8 Å². The zero-order valence-electron chi connectivity index (χ0n) is 17.7. The van der Waals surface area contributed by atoms with Crippen LogP contribution in [-0.4, -0.2) is 0 Å². The predicted octanol–water partition coefficient (Wildman–Crippen LogP) is 5.80. The van der Waals surface area contributed by atoms with Gasteiger partial charge in [-0.3, -0.25) is 0 Å². The number of nitrogens with zero attached hydrogens (tertiary/aromatic N) is 1. The smallest absolute Gasteiger partial charge is 0.201 e. The van der Waals surface area contributed by atoms with Crippen LogP contribution in [0.5, 0.6) is 0 Å². The summed E-state index contributed by atoms with van der Waals surface area (Å²) in [5, 5.41) is 0. The number of hydrogen-bond acceptors (Lipinski definition) is 0. The Morgan fingerprint density at radius 1 is 0.962 bits per heavy atom. The second-order valence-electron chi connectivity index (χ2n) is 7.97. The zero-order valence-corrected chi connectivity index (χ0v) is 16.7. The molecule has 1 aromatic heterocycles. The third kappa shape index (κ3) is 2.58. The molecule has 1 aliphatic carbocycles. The highest BCUT2D eigenvalue weighted by atomic mass is 14.9. The minimum atomic E-state index is -0.590. The minimum absolute atomic E-state index is 0.590. The first-order valence-corrected chi connectivity index (χ1v) is 9.40. The minimum Gasteiger partial charge on any atom is -0.201 e. The Bertz CT molecular complexity index is 1070. The highest BCUT2D eigenvalue weighted by Gasteiger charge is 2.24. The molecule has 1 aliphatic rings. The van der Waals surface area contributed by atoms with Crippen LogP contribution >= 0.6 is 0 Å². The van der Waals surface area contributed by atoms with Crippen LogP contribution in [-0.2, 0) is 13.5 Å². The molecule has 0 spiro atoms. The average Bonchev–Trinajstić information content (AvgIpc) is 2.95. The van der Waals surface area contributed by atoms with Crippen molar-refractivity contribution in [3.63, 3.8) is 0 Å². The Labute approximate surface area is 158 Å².